The smallest absolute Gasteiger partial charge is 0.248 e. The third-order valence-corrected chi connectivity index (χ3v) is 4.04. The molecule has 0 saturated carbocycles. The van der Waals surface area contributed by atoms with Crippen LogP contribution in [0.3, 0.4) is 0 Å². The van der Waals surface area contributed by atoms with Crippen LogP contribution < -0.4 is 5.32 Å². The van der Waals surface area contributed by atoms with Crippen LogP contribution in [0.2, 0.25) is 0 Å². The highest BCUT2D eigenvalue weighted by molar-refractivity contribution is 5.99. The number of benzene rings is 1. The summed E-state index contributed by atoms with van der Waals surface area (Å²) in [5.41, 5.74) is 0.525. The highest BCUT2D eigenvalue weighted by Gasteiger charge is 2.42. The summed E-state index contributed by atoms with van der Waals surface area (Å²) >= 11 is 0. The summed E-state index contributed by atoms with van der Waals surface area (Å²) in [5.74, 6) is -0.0584. The van der Waals surface area contributed by atoms with Gasteiger partial charge in [0, 0.05) is 6.54 Å². The van der Waals surface area contributed by atoms with E-state index in [1.54, 1.807) is 25.7 Å². The summed E-state index contributed by atoms with van der Waals surface area (Å²) in [7, 11) is 0. The summed E-state index contributed by atoms with van der Waals surface area (Å²) in [6.45, 7) is 5.95. The second-order valence-electron chi connectivity index (χ2n) is 6.23. The SMILES string of the molecule is CC1C(=O)NC(C)(C)C(=O)N1CCCCc1ccccc1. The lowest BCUT2D eigenvalue weighted by Crippen LogP contribution is -2.67. The van der Waals surface area contributed by atoms with Crippen molar-refractivity contribution in [2.45, 2.75) is 51.6 Å². The second-order valence-corrected chi connectivity index (χ2v) is 6.23. The van der Waals surface area contributed by atoms with Crippen LogP contribution in [0.1, 0.15) is 39.2 Å². The standard InChI is InChI=1S/C17H24N2O2/c1-13-15(20)18-17(2,3)16(21)19(13)12-8-7-11-14-9-5-4-6-10-14/h4-6,9-10,13H,7-8,11-12H2,1-3H3,(H,18,20). The number of rotatable bonds is 5. The van der Waals surface area contributed by atoms with Crippen LogP contribution in [0, 0.1) is 0 Å². The summed E-state index contributed by atoms with van der Waals surface area (Å²) < 4.78 is 0. The number of nitrogens with zero attached hydrogens (tertiary/aromatic N) is 1. The number of unbranched alkanes of at least 4 members (excludes halogenated alkanes) is 1. The van der Waals surface area contributed by atoms with Gasteiger partial charge in [0.2, 0.25) is 11.8 Å². The van der Waals surface area contributed by atoms with Gasteiger partial charge in [0.15, 0.2) is 0 Å². The molecule has 1 aromatic carbocycles. The van der Waals surface area contributed by atoms with Crippen molar-refractivity contribution in [3.8, 4) is 0 Å². The molecule has 1 aliphatic rings. The fourth-order valence-corrected chi connectivity index (χ4v) is 2.69. The molecule has 1 N–H and O–H groups in total. The Hall–Kier alpha value is -1.84. The molecular formula is C17H24N2O2. The van der Waals surface area contributed by atoms with Gasteiger partial charge < -0.3 is 10.2 Å². The Bertz CT molecular complexity index is 511. The van der Waals surface area contributed by atoms with Crippen LogP contribution in [-0.4, -0.2) is 34.8 Å². The lowest BCUT2D eigenvalue weighted by Gasteiger charge is -2.41. The van der Waals surface area contributed by atoms with Crippen LogP contribution in [0.5, 0.6) is 0 Å². The van der Waals surface area contributed by atoms with Crippen molar-refractivity contribution in [2.24, 2.45) is 0 Å². The number of piperazine rings is 1. The van der Waals surface area contributed by atoms with E-state index >= 15 is 0 Å². The number of amides is 2. The molecule has 4 nitrogen and oxygen atoms in total. The highest BCUT2D eigenvalue weighted by atomic mass is 16.2. The molecule has 2 rings (SSSR count). The minimum atomic E-state index is -0.789. The van der Waals surface area contributed by atoms with E-state index in [-0.39, 0.29) is 17.9 Å². The monoisotopic (exact) mass is 288 g/mol. The second kappa shape index (κ2) is 6.29. The van der Waals surface area contributed by atoms with Gasteiger partial charge in [0.25, 0.3) is 0 Å². The molecule has 1 atom stereocenters. The molecule has 0 bridgehead atoms. The quantitative estimate of drug-likeness (QED) is 0.844. The van der Waals surface area contributed by atoms with Gasteiger partial charge in [-0.3, -0.25) is 9.59 Å². The zero-order valence-corrected chi connectivity index (χ0v) is 13.1. The van der Waals surface area contributed by atoms with Crippen molar-refractivity contribution in [1.29, 1.82) is 0 Å². The molecule has 114 valence electrons. The Kier molecular flexibility index (Phi) is 4.66. The van der Waals surface area contributed by atoms with Crippen molar-refractivity contribution in [1.82, 2.24) is 10.2 Å². The Morgan fingerprint density at radius 2 is 1.81 bits per heavy atom. The summed E-state index contributed by atoms with van der Waals surface area (Å²) in [6, 6.07) is 9.95. The van der Waals surface area contributed by atoms with E-state index in [2.05, 4.69) is 17.4 Å². The van der Waals surface area contributed by atoms with Crippen molar-refractivity contribution in [3.63, 3.8) is 0 Å². The third-order valence-electron chi connectivity index (χ3n) is 4.04. The minimum Gasteiger partial charge on any atom is -0.340 e. The van der Waals surface area contributed by atoms with Gasteiger partial charge in [-0.05, 0) is 45.6 Å². The predicted octanol–water partition coefficient (Wildman–Crippen LogP) is 2.13. The van der Waals surface area contributed by atoms with Crippen LogP contribution in [0.4, 0.5) is 0 Å². The number of carbonyl (C=O) groups is 2. The van der Waals surface area contributed by atoms with E-state index in [1.807, 2.05) is 18.2 Å². The summed E-state index contributed by atoms with van der Waals surface area (Å²) in [6.07, 6.45) is 2.93. The molecule has 21 heavy (non-hydrogen) atoms. The Morgan fingerprint density at radius 1 is 1.14 bits per heavy atom. The largest absolute Gasteiger partial charge is 0.340 e. The Morgan fingerprint density at radius 3 is 2.48 bits per heavy atom. The number of aryl methyl sites for hydroxylation is 1. The first-order valence-corrected chi connectivity index (χ1v) is 7.59. The maximum Gasteiger partial charge on any atom is 0.248 e. The van der Waals surface area contributed by atoms with Crippen LogP contribution in [-0.2, 0) is 16.0 Å². The van der Waals surface area contributed by atoms with E-state index < -0.39 is 5.54 Å². The molecule has 1 heterocycles. The highest BCUT2D eigenvalue weighted by Crippen LogP contribution is 2.18. The molecule has 1 fully saturated rings. The topological polar surface area (TPSA) is 49.4 Å². The third kappa shape index (κ3) is 3.63. The number of carbonyl (C=O) groups excluding carboxylic acids is 2. The molecule has 0 aliphatic carbocycles. The number of hydrogen-bond acceptors (Lipinski definition) is 2. The van der Waals surface area contributed by atoms with Crippen molar-refractivity contribution >= 4 is 11.8 Å². The van der Waals surface area contributed by atoms with Crippen LogP contribution >= 0.6 is 0 Å². The van der Waals surface area contributed by atoms with Gasteiger partial charge in [-0.2, -0.15) is 0 Å². The Labute approximate surface area is 126 Å². The zero-order valence-electron chi connectivity index (χ0n) is 13.1. The van der Waals surface area contributed by atoms with Crippen LogP contribution in [0.25, 0.3) is 0 Å². The van der Waals surface area contributed by atoms with E-state index in [1.165, 1.54) is 5.56 Å². The van der Waals surface area contributed by atoms with E-state index in [0.29, 0.717) is 6.54 Å². The lowest BCUT2D eigenvalue weighted by atomic mass is 9.97. The molecule has 1 saturated heterocycles. The average Bonchev–Trinajstić information content (AvgIpc) is 2.45. The molecule has 4 heteroatoms. The fourth-order valence-electron chi connectivity index (χ4n) is 2.69. The lowest BCUT2D eigenvalue weighted by molar-refractivity contribution is -0.152. The number of nitrogens with one attached hydrogen (secondary N) is 1. The minimum absolute atomic E-state index is 0.00862. The zero-order chi connectivity index (χ0) is 15.5. The van der Waals surface area contributed by atoms with Gasteiger partial charge in [0.05, 0.1) is 0 Å². The van der Waals surface area contributed by atoms with Gasteiger partial charge in [-0.1, -0.05) is 30.3 Å². The molecular weight excluding hydrogens is 264 g/mol. The van der Waals surface area contributed by atoms with Crippen molar-refractivity contribution < 1.29 is 9.59 Å². The molecule has 1 aliphatic heterocycles. The summed E-state index contributed by atoms with van der Waals surface area (Å²) in [5, 5.41) is 2.77. The number of hydrogen-bond donors (Lipinski definition) is 1. The first kappa shape index (κ1) is 15.5. The van der Waals surface area contributed by atoms with E-state index in [9.17, 15) is 9.59 Å². The van der Waals surface area contributed by atoms with Crippen molar-refractivity contribution in [2.75, 3.05) is 6.54 Å². The molecule has 2 amide bonds. The molecule has 1 unspecified atom stereocenters. The molecule has 0 spiro atoms. The Balaban J connectivity index is 1.86. The average molecular weight is 288 g/mol. The van der Waals surface area contributed by atoms with Gasteiger partial charge in [-0.25, -0.2) is 0 Å². The fraction of sp³-hybridized carbons (Fsp3) is 0.529. The summed E-state index contributed by atoms with van der Waals surface area (Å²) in [4.78, 5) is 26.0. The normalized spacial score (nSPS) is 21.3. The molecule has 0 radical (unpaired) electrons. The first-order valence-electron chi connectivity index (χ1n) is 7.59. The van der Waals surface area contributed by atoms with Crippen molar-refractivity contribution in [3.05, 3.63) is 35.9 Å². The molecule has 0 aromatic heterocycles. The maximum absolute atomic E-state index is 12.4. The van der Waals surface area contributed by atoms with Crippen LogP contribution in [0.15, 0.2) is 30.3 Å². The first-order chi connectivity index (χ1) is 9.92. The van der Waals surface area contributed by atoms with Gasteiger partial charge in [0.1, 0.15) is 11.6 Å². The van der Waals surface area contributed by atoms with Gasteiger partial charge in [-0.15, -0.1) is 0 Å². The maximum atomic E-state index is 12.4. The predicted molar refractivity (Wildman–Crippen MR) is 82.8 cm³/mol. The van der Waals surface area contributed by atoms with E-state index in [0.717, 1.165) is 19.3 Å². The van der Waals surface area contributed by atoms with E-state index in [4.69, 9.17) is 0 Å². The van der Waals surface area contributed by atoms with Gasteiger partial charge >= 0.3 is 0 Å². The molecule has 1 aromatic rings.